The van der Waals surface area contributed by atoms with Crippen LogP contribution in [0.4, 0.5) is 20.2 Å². The van der Waals surface area contributed by atoms with Crippen molar-refractivity contribution in [2.45, 2.75) is 6.54 Å². The number of para-hydroxylation sites is 1. The Kier molecular flexibility index (Phi) is 5.93. The normalized spacial score (nSPS) is 11.6. The van der Waals surface area contributed by atoms with Crippen LogP contribution in [0.5, 0.6) is 0 Å². The minimum Gasteiger partial charge on any atom is -0.456 e. The first-order valence-electron chi connectivity index (χ1n) is 10.9. The molecule has 36 heavy (non-hydrogen) atoms. The van der Waals surface area contributed by atoms with Gasteiger partial charge in [0, 0.05) is 34.2 Å². The van der Waals surface area contributed by atoms with E-state index in [1.807, 2.05) is 30.3 Å². The first kappa shape index (κ1) is 23.5. The molecule has 9 heteroatoms. The summed E-state index contributed by atoms with van der Waals surface area (Å²) in [6.07, 6.45) is 0.941. The Hall–Kier alpha value is -4.24. The van der Waals surface area contributed by atoms with Gasteiger partial charge in [0.2, 0.25) is 10.0 Å². The lowest BCUT2D eigenvalue weighted by Crippen LogP contribution is -2.30. The van der Waals surface area contributed by atoms with Gasteiger partial charge in [-0.15, -0.1) is 0 Å². The van der Waals surface area contributed by atoms with Crippen LogP contribution in [-0.2, 0) is 16.6 Å². The van der Waals surface area contributed by atoms with E-state index in [0.717, 1.165) is 39.0 Å². The maximum atomic E-state index is 14.3. The molecule has 1 heterocycles. The number of hydrogen-bond acceptors (Lipinski definition) is 4. The van der Waals surface area contributed by atoms with Gasteiger partial charge in [-0.3, -0.25) is 9.10 Å². The second-order valence-electron chi connectivity index (χ2n) is 8.33. The van der Waals surface area contributed by atoms with Crippen LogP contribution in [0.3, 0.4) is 0 Å². The molecular weight excluding hydrogens is 486 g/mol. The molecule has 5 rings (SSSR count). The lowest BCUT2D eigenvalue weighted by molar-refractivity contribution is 0.102. The van der Waals surface area contributed by atoms with Crippen molar-refractivity contribution in [2.24, 2.45) is 0 Å². The molecule has 182 valence electrons. The molecule has 4 aromatic carbocycles. The lowest BCUT2D eigenvalue weighted by Gasteiger charge is -2.23. The highest BCUT2D eigenvalue weighted by Crippen LogP contribution is 2.30. The summed E-state index contributed by atoms with van der Waals surface area (Å²) in [5, 5.41) is 4.76. The molecule has 0 aliphatic rings. The fourth-order valence-corrected chi connectivity index (χ4v) is 4.89. The fourth-order valence-electron chi connectivity index (χ4n) is 4.00. The van der Waals surface area contributed by atoms with Crippen LogP contribution >= 0.6 is 0 Å². The van der Waals surface area contributed by atoms with Gasteiger partial charge in [0.1, 0.15) is 22.8 Å². The number of furan rings is 1. The van der Waals surface area contributed by atoms with Crippen LogP contribution in [0.2, 0.25) is 0 Å². The highest BCUT2D eigenvalue weighted by molar-refractivity contribution is 7.92. The van der Waals surface area contributed by atoms with Gasteiger partial charge in [-0.2, -0.15) is 0 Å². The average molecular weight is 507 g/mol. The van der Waals surface area contributed by atoms with Gasteiger partial charge in [-0.05, 0) is 48.0 Å². The van der Waals surface area contributed by atoms with Gasteiger partial charge in [-0.1, -0.05) is 30.3 Å². The van der Waals surface area contributed by atoms with Gasteiger partial charge in [-0.25, -0.2) is 17.2 Å². The van der Waals surface area contributed by atoms with Crippen LogP contribution < -0.4 is 9.62 Å². The summed E-state index contributed by atoms with van der Waals surface area (Å²) in [6.45, 7) is -0.188. The maximum Gasteiger partial charge on any atom is 0.255 e. The summed E-state index contributed by atoms with van der Waals surface area (Å²) < 4.78 is 58.8. The number of nitrogens with zero attached hydrogens (tertiary/aromatic N) is 1. The van der Waals surface area contributed by atoms with E-state index in [9.17, 15) is 22.0 Å². The third-order valence-corrected chi connectivity index (χ3v) is 6.88. The summed E-state index contributed by atoms with van der Waals surface area (Å²) in [5.74, 6) is -2.15. The number of carbonyl (C=O) groups excluding carboxylic acids is 1. The minimum atomic E-state index is -3.86. The van der Waals surface area contributed by atoms with Crippen LogP contribution in [-0.4, -0.2) is 20.6 Å². The maximum absolute atomic E-state index is 14.3. The third-order valence-electron chi connectivity index (χ3n) is 5.76. The zero-order valence-corrected chi connectivity index (χ0v) is 19.9. The minimum absolute atomic E-state index is 0.188. The highest BCUT2D eigenvalue weighted by atomic mass is 32.2. The van der Waals surface area contributed by atoms with Crippen molar-refractivity contribution in [3.8, 4) is 0 Å². The number of fused-ring (bicyclic) bond motifs is 3. The lowest BCUT2D eigenvalue weighted by atomic mass is 10.1. The van der Waals surface area contributed by atoms with Crippen molar-refractivity contribution in [1.29, 1.82) is 0 Å². The van der Waals surface area contributed by atoms with E-state index in [4.69, 9.17) is 4.42 Å². The van der Waals surface area contributed by atoms with E-state index < -0.39 is 21.7 Å². The fraction of sp³-hybridized carbons (Fsp3) is 0.0741. The SMILES string of the molecule is CS(=O)(=O)N(Cc1ccc(C(=O)Nc2ccc3c(c2)oc2ccccc23)cc1)c1ccc(F)cc1F. The zero-order valence-electron chi connectivity index (χ0n) is 19.0. The Morgan fingerprint density at radius 2 is 1.61 bits per heavy atom. The standard InChI is InChI=1S/C27H20F2N2O4S/c1-36(33,34)31(24-13-10-19(28)14-23(24)29)16-17-6-8-18(9-7-17)27(32)30-20-11-12-22-21-4-2-3-5-25(21)35-26(22)15-20/h2-15H,16H2,1H3,(H,30,32). The van der Waals surface area contributed by atoms with Crippen molar-refractivity contribution in [3.63, 3.8) is 0 Å². The Labute approximate surface area is 205 Å². The number of nitrogens with one attached hydrogen (secondary N) is 1. The first-order valence-corrected chi connectivity index (χ1v) is 12.8. The molecule has 0 bridgehead atoms. The molecule has 0 unspecified atom stereocenters. The molecule has 0 radical (unpaired) electrons. The van der Waals surface area contributed by atoms with E-state index in [-0.39, 0.29) is 18.1 Å². The monoisotopic (exact) mass is 506 g/mol. The molecular formula is C27H20F2N2O4S. The summed E-state index contributed by atoms with van der Waals surface area (Å²) in [4.78, 5) is 12.8. The Morgan fingerprint density at radius 1 is 0.889 bits per heavy atom. The van der Waals surface area contributed by atoms with Gasteiger partial charge >= 0.3 is 0 Å². The number of amides is 1. The zero-order chi connectivity index (χ0) is 25.4. The summed E-state index contributed by atoms with van der Waals surface area (Å²) >= 11 is 0. The number of halogens is 2. The highest BCUT2D eigenvalue weighted by Gasteiger charge is 2.22. The second kappa shape index (κ2) is 9.09. The number of anilines is 2. The molecule has 0 atom stereocenters. The van der Waals surface area contributed by atoms with E-state index in [2.05, 4.69) is 5.32 Å². The van der Waals surface area contributed by atoms with E-state index in [0.29, 0.717) is 28.5 Å². The van der Waals surface area contributed by atoms with Gasteiger partial charge in [0.05, 0.1) is 18.5 Å². The van der Waals surface area contributed by atoms with Crippen molar-refractivity contribution in [2.75, 3.05) is 15.9 Å². The number of carbonyl (C=O) groups is 1. The Morgan fingerprint density at radius 3 is 2.33 bits per heavy atom. The quantitative estimate of drug-likeness (QED) is 0.303. The van der Waals surface area contributed by atoms with E-state index in [1.165, 1.54) is 0 Å². The summed E-state index contributed by atoms with van der Waals surface area (Å²) in [7, 11) is -3.86. The third kappa shape index (κ3) is 4.65. The summed E-state index contributed by atoms with van der Waals surface area (Å²) in [5.41, 5.74) is 2.58. The predicted molar refractivity (Wildman–Crippen MR) is 135 cm³/mol. The molecule has 5 aromatic rings. The molecule has 0 aliphatic heterocycles. The predicted octanol–water partition coefficient (Wildman–Crippen LogP) is 6.08. The Balaban J connectivity index is 1.34. The summed E-state index contributed by atoms with van der Waals surface area (Å²) in [6, 6.07) is 22.1. The molecule has 0 saturated carbocycles. The van der Waals surface area contributed by atoms with E-state index in [1.54, 1.807) is 36.4 Å². The molecule has 0 saturated heterocycles. The van der Waals surface area contributed by atoms with Crippen molar-refractivity contribution >= 4 is 49.2 Å². The average Bonchev–Trinajstić information content (AvgIpc) is 3.20. The molecule has 0 fully saturated rings. The molecule has 1 N–H and O–H groups in total. The number of sulfonamides is 1. The smallest absolute Gasteiger partial charge is 0.255 e. The molecule has 1 amide bonds. The van der Waals surface area contributed by atoms with E-state index >= 15 is 0 Å². The molecule has 1 aromatic heterocycles. The van der Waals surface area contributed by atoms with Crippen molar-refractivity contribution in [3.05, 3.63) is 108 Å². The van der Waals surface area contributed by atoms with Gasteiger partial charge in [0.15, 0.2) is 0 Å². The molecule has 6 nitrogen and oxygen atoms in total. The van der Waals surface area contributed by atoms with Crippen molar-refractivity contribution < 1.29 is 26.4 Å². The van der Waals surface area contributed by atoms with Crippen LogP contribution in [0, 0.1) is 11.6 Å². The first-order chi connectivity index (χ1) is 17.2. The molecule has 0 aliphatic carbocycles. The topological polar surface area (TPSA) is 79.6 Å². The second-order valence-corrected chi connectivity index (χ2v) is 10.2. The number of hydrogen-bond donors (Lipinski definition) is 1. The van der Waals surface area contributed by atoms with Gasteiger partial charge < -0.3 is 9.73 Å². The largest absolute Gasteiger partial charge is 0.456 e. The van der Waals surface area contributed by atoms with Crippen LogP contribution in [0.1, 0.15) is 15.9 Å². The number of rotatable bonds is 6. The van der Waals surface area contributed by atoms with Crippen LogP contribution in [0.25, 0.3) is 21.9 Å². The Bertz CT molecular complexity index is 1710. The van der Waals surface area contributed by atoms with Crippen LogP contribution in [0.15, 0.2) is 89.3 Å². The van der Waals surface area contributed by atoms with Crippen molar-refractivity contribution in [1.82, 2.24) is 0 Å². The number of benzene rings is 4. The molecule has 0 spiro atoms. The van der Waals surface area contributed by atoms with Gasteiger partial charge in [0.25, 0.3) is 5.91 Å².